The molecule has 0 atom stereocenters. The fraction of sp³-hybridized carbons (Fsp3) is 0.0455. The summed E-state index contributed by atoms with van der Waals surface area (Å²) in [4.78, 5) is 8.91. The minimum Gasteiger partial charge on any atom is -0.364 e. The number of anilines is 1. The van der Waals surface area contributed by atoms with Gasteiger partial charge in [0.05, 0.1) is 18.4 Å². The summed E-state index contributed by atoms with van der Waals surface area (Å²) >= 11 is 0. The molecule has 5 nitrogen and oxygen atoms in total. The van der Waals surface area contributed by atoms with Gasteiger partial charge in [0.2, 0.25) is 0 Å². The minimum absolute atomic E-state index is 0.630. The maximum atomic E-state index is 4.56. The number of benzene rings is 2. The van der Waals surface area contributed by atoms with Gasteiger partial charge in [0.1, 0.15) is 5.82 Å². The second-order valence-electron chi connectivity index (χ2n) is 6.36. The van der Waals surface area contributed by atoms with Crippen molar-refractivity contribution in [2.24, 2.45) is 0 Å². The Labute approximate surface area is 156 Å². The van der Waals surface area contributed by atoms with Crippen LogP contribution in [-0.4, -0.2) is 19.6 Å². The molecule has 5 rings (SSSR count). The largest absolute Gasteiger partial charge is 0.364 e. The highest BCUT2D eigenvalue weighted by Crippen LogP contribution is 2.28. The van der Waals surface area contributed by atoms with E-state index < -0.39 is 0 Å². The second-order valence-corrected chi connectivity index (χ2v) is 6.36. The Bertz CT molecular complexity index is 1230. The maximum Gasteiger partial charge on any atom is 0.165 e. The molecule has 27 heavy (non-hydrogen) atoms. The standard InChI is InChI=1S/C22H17N5/c1-2-6-17-13-18(9-8-16(17)5-1)20-15-26-27-21(10-12-24-22(20)27)25-14-19-7-3-4-11-23-19/h1-13,15,25H,14H2. The monoisotopic (exact) mass is 351 g/mol. The Morgan fingerprint density at radius 1 is 0.815 bits per heavy atom. The molecule has 0 amide bonds. The number of nitrogens with one attached hydrogen (secondary N) is 1. The lowest BCUT2D eigenvalue weighted by molar-refractivity contribution is 0.917. The van der Waals surface area contributed by atoms with Crippen LogP contribution in [0.1, 0.15) is 5.69 Å². The highest BCUT2D eigenvalue weighted by Gasteiger charge is 2.11. The number of aromatic nitrogens is 4. The lowest BCUT2D eigenvalue weighted by Crippen LogP contribution is -2.06. The Morgan fingerprint density at radius 2 is 1.70 bits per heavy atom. The first kappa shape index (κ1) is 15.5. The second kappa shape index (κ2) is 6.53. The van der Waals surface area contributed by atoms with Crippen LogP contribution < -0.4 is 5.32 Å². The zero-order chi connectivity index (χ0) is 18.1. The van der Waals surface area contributed by atoms with E-state index in [4.69, 9.17) is 0 Å². The SMILES string of the molecule is c1ccc(CNc2ccnc3c(-c4ccc5ccccc5c4)cnn23)nc1. The molecular formula is C22H17N5. The molecule has 5 heteroatoms. The molecule has 3 aromatic heterocycles. The Balaban J connectivity index is 1.52. The van der Waals surface area contributed by atoms with Crippen LogP contribution in [0.3, 0.4) is 0 Å². The van der Waals surface area contributed by atoms with Crippen LogP contribution in [0.5, 0.6) is 0 Å². The van der Waals surface area contributed by atoms with Crippen molar-refractivity contribution >= 4 is 22.2 Å². The average molecular weight is 351 g/mol. The molecule has 0 saturated carbocycles. The van der Waals surface area contributed by atoms with Crippen LogP contribution in [0.4, 0.5) is 5.82 Å². The Morgan fingerprint density at radius 3 is 2.59 bits per heavy atom. The van der Waals surface area contributed by atoms with Crippen LogP contribution in [-0.2, 0) is 6.54 Å². The van der Waals surface area contributed by atoms with E-state index >= 15 is 0 Å². The normalized spacial score (nSPS) is 11.1. The van der Waals surface area contributed by atoms with E-state index in [1.54, 1.807) is 6.20 Å². The first-order valence-electron chi connectivity index (χ1n) is 8.84. The van der Waals surface area contributed by atoms with Crippen molar-refractivity contribution in [1.29, 1.82) is 0 Å². The number of hydrogen-bond acceptors (Lipinski definition) is 4. The fourth-order valence-corrected chi connectivity index (χ4v) is 3.27. The molecule has 2 aromatic carbocycles. The van der Waals surface area contributed by atoms with Crippen molar-refractivity contribution in [3.63, 3.8) is 0 Å². The van der Waals surface area contributed by atoms with Gasteiger partial charge in [-0.05, 0) is 40.6 Å². The molecule has 1 N–H and O–H groups in total. The summed E-state index contributed by atoms with van der Waals surface area (Å²) < 4.78 is 1.84. The summed E-state index contributed by atoms with van der Waals surface area (Å²) in [5.74, 6) is 0.887. The van der Waals surface area contributed by atoms with Crippen LogP contribution >= 0.6 is 0 Å². The van der Waals surface area contributed by atoms with Crippen molar-refractivity contribution < 1.29 is 0 Å². The van der Waals surface area contributed by atoms with Crippen molar-refractivity contribution in [3.05, 3.63) is 91.0 Å². The van der Waals surface area contributed by atoms with Gasteiger partial charge in [0, 0.05) is 18.0 Å². The van der Waals surface area contributed by atoms with Gasteiger partial charge in [-0.3, -0.25) is 4.98 Å². The number of fused-ring (bicyclic) bond motifs is 2. The summed E-state index contributed by atoms with van der Waals surface area (Å²) in [7, 11) is 0. The van der Waals surface area contributed by atoms with Crippen molar-refractivity contribution in [3.8, 4) is 11.1 Å². The smallest absolute Gasteiger partial charge is 0.165 e. The summed E-state index contributed by atoms with van der Waals surface area (Å²) in [6, 6.07) is 22.6. The van der Waals surface area contributed by atoms with E-state index in [0.717, 1.165) is 28.3 Å². The van der Waals surface area contributed by atoms with Crippen LogP contribution in [0, 0.1) is 0 Å². The predicted molar refractivity (Wildman–Crippen MR) is 107 cm³/mol. The number of hydrogen-bond donors (Lipinski definition) is 1. The van der Waals surface area contributed by atoms with Gasteiger partial charge < -0.3 is 5.32 Å². The lowest BCUT2D eigenvalue weighted by Gasteiger charge is -2.08. The predicted octanol–water partition coefficient (Wildman–Crippen LogP) is 4.56. The van der Waals surface area contributed by atoms with E-state index in [1.165, 1.54) is 10.8 Å². The van der Waals surface area contributed by atoms with Gasteiger partial charge in [0.25, 0.3) is 0 Å². The fourth-order valence-electron chi connectivity index (χ4n) is 3.27. The van der Waals surface area contributed by atoms with Gasteiger partial charge in [-0.2, -0.15) is 9.61 Å². The molecule has 0 fully saturated rings. The van der Waals surface area contributed by atoms with E-state index in [1.807, 2.05) is 41.2 Å². The molecule has 0 aliphatic carbocycles. The van der Waals surface area contributed by atoms with Crippen molar-refractivity contribution in [2.45, 2.75) is 6.54 Å². The molecule has 0 spiro atoms. The molecule has 0 unspecified atom stereocenters. The van der Waals surface area contributed by atoms with Crippen LogP contribution in [0.25, 0.3) is 27.5 Å². The highest BCUT2D eigenvalue weighted by molar-refractivity contribution is 5.89. The number of nitrogens with zero attached hydrogens (tertiary/aromatic N) is 4. The molecule has 0 aliphatic rings. The Hall–Kier alpha value is -3.73. The molecular weight excluding hydrogens is 334 g/mol. The van der Waals surface area contributed by atoms with Crippen LogP contribution in [0.15, 0.2) is 85.3 Å². The summed E-state index contributed by atoms with van der Waals surface area (Å²) in [6.45, 7) is 0.630. The summed E-state index contributed by atoms with van der Waals surface area (Å²) in [6.07, 6.45) is 5.48. The third-order valence-electron chi connectivity index (χ3n) is 4.64. The quantitative estimate of drug-likeness (QED) is 0.516. The summed E-state index contributed by atoms with van der Waals surface area (Å²) in [5, 5.41) is 10.4. The van der Waals surface area contributed by atoms with Gasteiger partial charge in [-0.25, -0.2) is 4.98 Å². The third kappa shape index (κ3) is 2.89. The van der Waals surface area contributed by atoms with E-state index in [2.05, 4.69) is 62.8 Å². The van der Waals surface area contributed by atoms with E-state index in [0.29, 0.717) is 6.54 Å². The Kier molecular flexibility index (Phi) is 3.76. The molecule has 0 radical (unpaired) electrons. The maximum absolute atomic E-state index is 4.56. The minimum atomic E-state index is 0.630. The molecule has 0 bridgehead atoms. The average Bonchev–Trinajstić information content (AvgIpc) is 3.17. The van der Waals surface area contributed by atoms with Gasteiger partial charge >= 0.3 is 0 Å². The molecule has 3 heterocycles. The molecule has 5 aromatic rings. The topological polar surface area (TPSA) is 55.1 Å². The van der Waals surface area contributed by atoms with E-state index in [9.17, 15) is 0 Å². The van der Waals surface area contributed by atoms with E-state index in [-0.39, 0.29) is 0 Å². The lowest BCUT2D eigenvalue weighted by atomic mass is 10.0. The first-order chi connectivity index (χ1) is 13.4. The first-order valence-corrected chi connectivity index (χ1v) is 8.84. The van der Waals surface area contributed by atoms with Crippen LogP contribution in [0.2, 0.25) is 0 Å². The van der Waals surface area contributed by atoms with Crippen molar-refractivity contribution in [1.82, 2.24) is 19.6 Å². The van der Waals surface area contributed by atoms with Gasteiger partial charge in [-0.1, -0.05) is 42.5 Å². The van der Waals surface area contributed by atoms with Gasteiger partial charge in [-0.15, -0.1) is 0 Å². The third-order valence-corrected chi connectivity index (χ3v) is 4.64. The molecule has 0 aliphatic heterocycles. The zero-order valence-corrected chi connectivity index (χ0v) is 14.6. The summed E-state index contributed by atoms with van der Waals surface area (Å²) in [5.41, 5.74) is 3.93. The molecule has 130 valence electrons. The van der Waals surface area contributed by atoms with Gasteiger partial charge in [0.15, 0.2) is 5.65 Å². The highest BCUT2D eigenvalue weighted by atomic mass is 15.3. The number of pyridine rings is 1. The molecule has 0 saturated heterocycles. The number of rotatable bonds is 4. The van der Waals surface area contributed by atoms with Crippen molar-refractivity contribution in [2.75, 3.05) is 5.32 Å². The zero-order valence-electron chi connectivity index (χ0n) is 14.6.